The normalized spacial score (nSPS) is 18.1. The van der Waals surface area contributed by atoms with Gasteiger partial charge in [0.25, 0.3) is 0 Å². The Balaban J connectivity index is 1.75. The van der Waals surface area contributed by atoms with Crippen LogP contribution >= 0.6 is 0 Å². The van der Waals surface area contributed by atoms with Gasteiger partial charge in [-0.15, -0.1) is 0 Å². The molecular weight excluding hydrogens is 340 g/mol. The standard InChI is InChI=1S/C20H20N6O/c1-20(12-27)6-3-15-14(11-21)9-13(10-16(15)20)17-4-7-22-19(23-17)24-18-5-8-26(2)25-18/h4-5,7-10,27H,3,6,12H2,1-2H3,(H,22,23,24,25)/t20-/m0/s1. The zero-order valence-corrected chi connectivity index (χ0v) is 15.3. The molecule has 0 bridgehead atoms. The quantitative estimate of drug-likeness (QED) is 0.742. The number of aryl methyl sites for hydroxylation is 1. The van der Waals surface area contributed by atoms with Crippen LogP contribution in [0.4, 0.5) is 11.8 Å². The van der Waals surface area contributed by atoms with Gasteiger partial charge < -0.3 is 10.4 Å². The Labute approximate surface area is 157 Å². The van der Waals surface area contributed by atoms with Crippen LogP contribution in [-0.4, -0.2) is 31.5 Å². The van der Waals surface area contributed by atoms with Crippen LogP contribution in [0.5, 0.6) is 0 Å². The van der Waals surface area contributed by atoms with Crippen molar-refractivity contribution < 1.29 is 5.11 Å². The predicted molar refractivity (Wildman–Crippen MR) is 101 cm³/mol. The molecule has 0 radical (unpaired) electrons. The lowest BCUT2D eigenvalue weighted by Crippen LogP contribution is -2.23. The molecule has 1 aliphatic carbocycles. The minimum Gasteiger partial charge on any atom is -0.395 e. The van der Waals surface area contributed by atoms with Crippen LogP contribution in [0.3, 0.4) is 0 Å². The number of aromatic nitrogens is 4. The fourth-order valence-electron chi connectivity index (χ4n) is 3.60. The summed E-state index contributed by atoms with van der Waals surface area (Å²) in [6, 6.07) is 9.88. The van der Waals surface area contributed by atoms with E-state index in [1.807, 2.05) is 44.4 Å². The van der Waals surface area contributed by atoms with E-state index in [0.717, 1.165) is 35.2 Å². The molecule has 0 unspecified atom stereocenters. The molecular formula is C20H20N6O. The maximum absolute atomic E-state index is 9.88. The number of nitriles is 1. The summed E-state index contributed by atoms with van der Waals surface area (Å²) in [6.45, 7) is 2.10. The Morgan fingerprint density at radius 3 is 2.93 bits per heavy atom. The van der Waals surface area contributed by atoms with Gasteiger partial charge in [0.2, 0.25) is 5.95 Å². The van der Waals surface area contributed by atoms with Gasteiger partial charge in [0.15, 0.2) is 5.82 Å². The largest absolute Gasteiger partial charge is 0.395 e. The van der Waals surface area contributed by atoms with Crippen molar-refractivity contribution in [3.63, 3.8) is 0 Å². The lowest BCUT2D eigenvalue weighted by molar-refractivity contribution is 0.206. The van der Waals surface area contributed by atoms with Crippen LogP contribution in [-0.2, 0) is 18.9 Å². The van der Waals surface area contributed by atoms with Gasteiger partial charge in [0.1, 0.15) is 0 Å². The molecule has 0 spiro atoms. The maximum atomic E-state index is 9.88. The lowest BCUT2D eigenvalue weighted by Gasteiger charge is -2.23. The first-order chi connectivity index (χ1) is 13.0. The van der Waals surface area contributed by atoms with Gasteiger partial charge in [0, 0.05) is 36.5 Å². The number of anilines is 2. The minimum absolute atomic E-state index is 0.0601. The number of aliphatic hydroxyl groups is 1. The third-order valence-electron chi connectivity index (χ3n) is 5.20. The Hall–Kier alpha value is -3.24. The average molecular weight is 360 g/mol. The molecule has 0 aliphatic heterocycles. The van der Waals surface area contributed by atoms with E-state index in [-0.39, 0.29) is 12.0 Å². The highest BCUT2D eigenvalue weighted by Gasteiger charge is 2.35. The molecule has 2 heterocycles. The SMILES string of the molecule is Cn1ccc(Nc2nccc(-c3cc(C#N)c4c(c3)[C@](C)(CO)CC4)n2)n1. The third kappa shape index (κ3) is 3.04. The number of hydrogen-bond acceptors (Lipinski definition) is 6. The molecule has 0 saturated carbocycles. The van der Waals surface area contributed by atoms with Crippen LogP contribution < -0.4 is 5.32 Å². The summed E-state index contributed by atoms with van der Waals surface area (Å²) in [5.41, 5.74) is 3.97. The Kier molecular flexibility index (Phi) is 4.13. The maximum Gasteiger partial charge on any atom is 0.228 e. The van der Waals surface area contributed by atoms with E-state index in [1.165, 1.54) is 0 Å². The van der Waals surface area contributed by atoms with Crippen LogP contribution in [0, 0.1) is 11.3 Å². The number of rotatable bonds is 4. The number of hydrogen-bond donors (Lipinski definition) is 2. The molecule has 2 aromatic heterocycles. The van der Waals surface area contributed by atoms with Gasteiger partial charge in [-0.2, -0.15) is 10.4 Å². The number of aliphatic hydroxyl groups excluding tert-OH is 1. The van der Waals surface area contributed by atoms with E-state index in [2.05, 4.69) is 26.5 Å². The second kappa shape index (κ2) is 6.49. The zero-order chi connectivity index (χ0) is 19.0. The zero-order valence-electron chi connectivity index (χ0n) is 15.3. The van der Waals surface area contributed by atoms with Crippen LogP contribution in [0.2, 0.25) is 0 Å². The number of nitrogens with one attached hydrogen (secondary N) is 1. The summed E-state index contributed by atoms with van der Waals surface area (Å²) in [7, 11) is 1.84. The van der Waals surface area contributed by atoms with E-state index < -0.39 is 0 Å². The van der Waals surface area contributed by atoms with Gasteiger partial charge in [0.05, 0.1) is 23.9 Å². The molecule has 0 saturated heterocycles. The summed E-state index contributed by atoms with van der Waals surface area (Å²) >= 11 is 0. The molecule has 2 N–H and O–H groups in total. The molecule has 7 heteroatoms. The van der Waals surface area contributed by atoms with E-state index in [4.69, 9.17) is 0 Å². The average Bonchev–Trinajstić information content (AvgIpc) is 3.25. The van der Waals surface area contributed by atoms with Crippen molar-refractivity contribution in [1.29, 1.82) is 5.26 Å². The van der Waals surface area contributed by atoms with Crippen molar-refractivity contribution in [2.45, 2.75) is 25.2 Å². The number of benzene rings is 1. The first-order valence-corrected chi connectivity index (χ1v) is 8.81. The highest BCUT2D eigenvalue weighted by Crippen LogP contribution is 2.42. The summed E-state index contributed by atoms with van der Waals surface area (Å²) in [4.78, 5) is 8.83. The van der Waals surface area contributed by atoms with Crippen molar-refractivity contribution in [3.05, 3.63) is 53.3 Å². The van der Waals surface area contributed by atoms with E-state index in [1.54, 1.807) is 10.9 Å². The van der Waals surface area contributed by atoms with Crippen molar-refractivity contribution in [3.8, 4) is 17.3 Å². The molecule has 0 amide bonds. The number of nitrogens with zero attached hydrogens (tertiary/aromatic N) is 5. The summed E-state index contributed by atoms with van der Waals surface area (Å²) in [5, 5.41) is 26.8. The fraction of sp³-hybridized carbons (Fsp3) is 0.300. The van der Waals surface area contributed by atoms with Gasteiger partial charge in [-0.1, -0.05) is 6.92 Å². The molecule has 27 heavy (non-hydrogen) atoms. The molecule has 4 rings (SSSR count). The highest BCUT2D eigenvalue weighted by molar-refractivity contribution is 5.67. The van der Waals surface area contributed by atoms with Gasteiger partial charge in [-0.3, -0.25) is 4.68 Å². The topological polar surface area (TPSA) is 99.7 Å². The molecule has 3 aromatic rings. The molecule has 1 aliphatic rings. The Bertz CT molecular complexity index is 1050. The van der Waals surface area contributed by atoms with E-state index >= 15 is 0 Å². The van der Waals surface area contributed by atoms with Crippen molar-refractivity contribution in [2.75, 3.05) is 11.9 Å². The monoisotopic (exact) mass is 360 g/mol. The molecule has 0 fully saturated rings. The molecule has 136 valence electrons. The molecule has 1 aromatic carbocycles. The van der Waals surface area contributed by atoms with Crippen LogP contribution in [0.25, 0.3) is 11.3 Å². The van der Waals surface area contributed by atoms with Crippen molar-refractivity contribution >= 4 is 11.8 Å². The minimum atomic E-state index is -0.320. The predicted octanol–water partition coefficient (Wildman–Crippen LogP) is 2.69. The van der Waals surface area contributed by atoms with Crippen LogP contribution in [0.1, 0.15) is 30.0 Å². The lowest BCUT2D eigenvalue weighted by atomic mass is 9.83. The molecule has 7 nitrogen and oxygen atoms in total. The smallest absolute Gasteiger partial charge is 0.228 e. The summed E-state index contributed by atoms with van der Waals surface area (Å²) < 4.78 is 1.70. The van der Waals surface area contributed by atoms with Crippen molar-refractivity contribution in [2.24, 2.45) is 7.05 Å². The second-order valence-corrected chi connectivity index (χ2v) is 7.15. The van der Waals surface area contributed by atoms with Gasteiger partial charge >= 0.3 is 0 Å². The van der Waals surface area contributed by atoms with E-state index in [9.17, 15) is 10.4 Å². The first-order valence-electron chi connectivity index (χ1n) is 8.81. The summed E-state index contributed by atoms with van der Waals surface area (Å²) in [5.74, 6) is 1.10. The Morgan fingerprint density at radius 1 is 1.37 bits per heavy atom. The second-order valence-electron chi connectivity index (χ2n) is 7.15. The van der Waals surface area contributed by atoms with E-state index in [0.29, 0.717) is 17.3 Å². The van der Waals surface area contributed by atoms with Gasteiger partial charge in [-0.05, 0) is 42.2 Å². The third-order valence-corrected chi connectivity index (χ3v) is 5.20. The number of fused-ring (bicyclic) bond motifs is 1. The van der Waals surface area contributed by atoms with Gasteiger partial charge in [-0.25, -0.2) is 9.97 Å². The summed E-state index contributed by atoms with van der Waals surface area (Å²) in [6.07, 6.45) is 5.17. The first kappa shape index (κ1) is 17.2. The fourth-order valence-corrected chi connectivity index (χ4v) is 3.60. The molecule has 1 atom stereocenters. The van der Waals surface area contributed by atoms with Crippen LogP contribution in [0.15, 0.2) is 36.7 Å². The highest BCUT2D eigenvalue weighted by atomic mass is 16.3. The van der Waals surface area contributed by atoms with Crippen molar-refractivity contribution in [1.82, 2.24) is 19.7 Å². The Morgan fingerprint density at radius 2 is 2.22 bits per heavy atom.